The molecule has 0 unspecified atom stereocenters. The number of carbonyl (C=O) groups excluding carboxylic acids is 2. The van der Waals surface area contributed by atoms with Crippen LogP contribution in [0.25, 0.3) is 0 Å². The average molecular weight is 394 g/mol. The van der Waals surface area contributed by atoms with Crippen molar-refractivity contribution in [2.45, 2.75) is 32.6 Å². The lowest BCUT2D eigenvalue weighted by Gasteiger charge is -2.15. The van der Waals surface area contributed by atoms with Crippen molar-refractivity contribution in [3.05, 3.63) is 84.7 Å². The molecule has 0 spiro atoms. The Morgan fingerprint density at radius 3 is 2.31 bits per heavy atom. The summed E-state index contributed by atoms with van der Waals surface area (Å²) in [6.45, 7) is 9.83. The van der Waals surface area contributed by atoms with E-state index >= 15 is 0 Å². The zero-order valence-electron chi connectivity index (χ0n) is 16.8. The molecule has 0 saturated carbocycles. The monoisotopic (exact) mass is 394 g/mol. The average Bonchev–Trinajstić information content (AvgIpc) is 2.74. The number of esters is 1. The van der Waals surface area contributed by atoms with Gasteiger partial charge in [-0.2, -0.15) is 0 Å². The number of carbonyl (C=O) groups is 2. The summed E-state index contributed by atoms with van der Waals surface area (Å²) in [5, 5.41) is 8.26. The van der Waals surface area contributed by atoms with Gasteiger partial charge in [-0.1, -0.05) is 57.5 Å². The van der Waals surface area contributed by atoms with Crippen molar-refractivity contribution in [1.82, 2.24) is 0 Å². The number of anilines is 1. The highest BCUT2D eigenvalue weighted by Crippen LogP contribution is 2.28. The third-order valence-corrected chi connectivity index (χ3v) is 4.56. The minimum atomic E-state index is -0.516. The highest BCUT2D eigenvalue weighted by molar-refractivity contribution is 6.15. The maximum Gasteiger partial charge on any atom is 0.338 e. The molecule has 0 aliphatic heterocycles. The lowest BCUT2D eigenvalue weighted by atomic mass is 9.97. The normalized spacial score (nSPS) is 10.2. The van der Waals surface area contributed by atoms with Crippen LogP contribution in [0.2, 0.25) is 0 Å². The molecule has 0 fully saturated rings. The first-order valence-electron chi connectivity index (χ1n) is 9.73. The minimum absolute atomic E-state index is 0.0592. The van der Waals surface area contributed by atoms with Crippen LogP contribution in [-0.4, -0.2) is 23.5 Å². The Labute approximate surface area is 171 Å². The van der Waals surface area contributed by atoms with Crippen LogP contribution in [0.15, 0.2) is 68.0 Å². The van der Waals surface area contributed by atoms with Crippen LogP contribution in [0.5, 0.6) is 5.75 Å². The lowest BCUT2D eigenvalue weighted by Crippen LogP contribution is -2.13. The molecular weight excluding hydrogens is 366 g/mol. The zero-order chi connectivity index (χ0) is 21.2. The highest BCUT2D eigenvalue weighted by Gasteiger charge is 2.23. The van der Waals surface area contributed by atoms with E-state index in [2.05, 4.69) is 20.1 Å². The number of ether oxygens (including phenoxy) is 1. The maximum absolute atomic E-state index is 13.0. The summed E-state index contributed by atoms with van der Waals surface area (Å²) < 4.78 is 5.34. The molecular formula is C24H28NO4+. The van der Waals surface area contributed by atoms with Gasteiger partial charge in [-0.15, -0.1) is 0 Å². The summed E-state index contributed by atoms with van der Waals surface area (Å²) in [6.07, 6.45) is 7.15. The SMILES string of the molecule is C=CN(C=C)c1ccc(C(=O)c2ccccc2C(=O)OCCCCCC)c([OH2+])c1. The molecule has 2 aromatic rings. The topological polar surface area (TPSA) is 69.5 Å². The van der Waals surface area contributed by atoms with Crippen molar-refractivity contribution >= 4 is 17.4 Å². The van der Waals surface area contributed by atoms with Crippen LogP contribution in [0.4, 0.5) is 5.69 Å². The van der Waals surface area contributed by atoms with E-state index in [0.29, 0.717) is 12.3 Å². The van der Waals surface area contributed by atoms with Crippen molar-refractivity contribution in [1.29, 1.82) is 0 Å². The standard InChI is InChI=1S/C24H27NO4/c1-4-7-8-11-16-29-24(28)20-13-10-9-12-19(20)23(27)21-15-14-18(17-22(21)26)25(5-2)6-3/h5-6,9-10,12-15,17,26H,2-4,7-8,11,16H2,1H3/p+1. The number of hydrogen-bond donors (Lipinski definition) is 0. The van der Waals surface area contributed by atoms with E-state index in [1.807, 2.05) is 0 Å². The molecule has 0 amide bonds. The fourth-order valence-electron chi connectivity index (χ4n) is 2.95. The van der Waals surface area contributed by atoms with E-state index in [4.69, 9.17) is 9.84 Å². The van der Waals surface area contributed by atoms with Gasteiger partial charge in [-0.25, -0.2) is 4.79 Å². The predicted molar refractivity (Wildman–Crippen MR) is 117 cm³/mol. The van der Waals surface area contributed by atoms with Crippen LogP contribution in [0.1, 0.15) is 58.9 Å². The zero-order valence-corrected chi connectivity index (χ0v) is 16.8. The number of hydrogen-bond acceptors (Lipinski definition) is 4. The molecule has 29 heavy (non-hydrogen) atoms. The van der Waals surface area contributed by atoms with Crippen LogP contribution in [-0.2, 0) is 4.74 Å². The second kappa shape index (κ2) is 10.9. The Balaban J connectivity index is 2.22. The van der Waals surface area contributed by atoms with Gasteiger partial charge in [0.2, 0.25) is 5.78 Å². The number of benzene rings is 2. The molecule has 0 bridgehead atoms. The molecule has 2 N–H and O–H groups in total. The fraction of sp³-hybridized carbons (Fsp3) is 0.250. The Bertz CT molecular complexity index is 880. The van der Waals surface area contributed by atoms with Crippen molar-refractivity contribution in [2.75, 3.05) is 11.5 Å². The van der Waals surface area contributed by atoms with E-state index in [-0.39, 0.29) is 28.2 Å². The Morgan fingerprint density at radius 2 is 1.69 bits per heavy atom. The first-order chi connectivity index (χ1) is 14.0. The van der Waals surface area contributed by atoms with Crippen LogP contribution >= 0.6 is 0 Å². The highest BCUT2D eigenvalue weighted by atomic mass is 16.5. The molecule has 0 aliphatic carbocycles. The summed E-state index contributed by atoms with van der Waals surface area (Å²) >= 11 is 0. The van der Waals surface area contributed by atoms with Crippen LogP contribution < -0.4 is 4.90 Å². The molecule has 0 atom stereocenters. The van der Waals surface area contributed by atoms with Crippen molar-refractivity contribution < 1.29 is 19.4 Å². The van der Waals surface area contributed by atoms with E-state index < -0.39 is 5.97 Å². The van der Waals surface area contributed by atoms with E-state index in [1.165, 1.54) is 0 Å². The van der Waals surface area contributed by atoms with Gasteiger partial charge in [0.25, 0.3) is 5.75 Å². The third kappa shape index (κ3) is 5.57. The molecule has 0 saturated heterocycles. The van der Waals surface area contributed by atoms with Gasteiger partial charge in [0.1, 0.15) is 5.56 Å². The second-order valence-corrected chi connectivity index (χ2v) is 6.57. The van der Waals surface area contributed by atoms with Crippen LogP contribution in [0, 0.1) is 0 Å². The van der Waals surface area contributed by atoms with Crippen molar-refractivity contribution in [3.8, 4) is 5.75 Å². The first-order valence-corrected chi connectivity index (χ1v) is 9.73. The van der Waals surface area contributed by atoms with E-state index in [0.717, 1.165) is 25.7 Å². The molecule has 2 rings (SSSR count). The molecule has 5 heteroatoms. The molecule has 2 aromatic carbocycles. The second-order valence-electron chi connectivity index (χ2n) is 6.57. The largest absolute Gasteiger partial charge is 0.593 e. The number of unbranched alkanes of at least 4 members (excludes halogenated alkanes) is 3. The first kappa shape index (κ1) is 22.0. The minimum Gasteiger partial charge on any atom is -0.593 e. The number of nitrogens with zero attached hydrogens (tertiary/aromatic N) is 1. The van der Waals surface area contributed by atoms with Crippen molar-refractivity contribution in [2.24, 2.45) is 0 Å². The molecule has 0 aliphatic rings. The maximum atomic E-state index is 13.0. The van der Waals surface area contributed by atoms with E-state index in [1.54, 1.807) is 59.8 Å². The number of rotatable bonds is 11. The number of ketones is 1. The van der Waals surface area contributed by atoms with Gasteiger partial charge in [-0.3, -0.25) is 4.79 Å². The lowest BCUT2D eigenvalue weighted by molar-refractivity contribution is 0.0495. The summed E-state index contributed by atoms with van der Waals surface area (Å²) in [5.74, 6) is -0.842. The summed E-state index contributed by atoms with van der Waals surface area (Å²) in [4.78, 5) is 27.2. The predicted octanol–water partition coefficient (Wildman–Crippen LogP) is 5.19. The van der Waals surface area contributed by atoms with E-state index in [9.17, 15) is 9.59 Å². The van der Waals surface area contributed by atoms with Crippen LogP contribution in [0.3, 0.4) is 0 Å². The van der Waals surface area contributed by atoms with Gasteiger partial charge in [0, 0.05) is 18.0 Å². The Hall–Kier alpha value is -3.34. The Morgan fingerprint density at radius 1 is 1.00 bits per heavy atom. The molecule has 5 nitrogen and oxygen atoms in total. The smallest absolute Gasteiger partial charge is 0.338 e. The van der Waals surface area contributed by atoms with Gasteiger partial charge >= 0.3 is 5.97 Å². The molecule has 0 radical (unpaired) electrons. The van der Waals surface area contributed by atoms with Gasteiger partial charge in [0.05, 0.1) is 23.9 Å². The summed E-state index contributed by atoms with van der Waals surface area (Å²) in [5.41, 5.74) is 1.34. The van der Waals surface area contributed by atoms with Gasteiger partial charge in [-0.05, 0) is 24.6 Å². The Kier molecular flexibility index (Phi) is 8.22. The molecule has 0 aromatic heterocycles. The third-order valence-electron chi connectivity index (χ3n) is 4.56. The fourth-order valence-corrected chi connectivity index (χ4v) is 2.95. The van der Waals surface area contributed by atoms with Gasteiger partial charge < -0.3 is 14.7 Å². The van der Waals surface area contributed by atoms with Crippen molar-refractivity contribution in [3.63, 3.8) is 0 Å². The van der Waals surface area contributed by atoms with Gasteiger partial charge in [0.15, 0.2) is 0 Å². The summed E-state index contributed by atoms with van der Waals surface area (Å²) in [6, 6.07) is 11.4. The molecule has 152 valence electrons. The molecule has 0 heterocycles. The quantitative estimate of drug-likeness (QED) is 0.228. The summed E-state index contributed by atoms with van der Waals surface area (Å²) in [7, 11) is 0.